The number of aryl methyl sites for hydroxylation is 2. The summed E-state index contributed by atoms with van der Waals surface area (Å²) in [6, 6.07) is 3.76. The van der Waals surface area contributed by atoms with Gasteiger partial charge in [0.15, 0.2) is 0 Å². The summed E-state index contributed by atoms with van der Waals surface area (Å²) < 4.78 is 0. The van der Waals surface area contributed by atoms with Crippen LogP contribution in [0.1, 0.15) is 23.7 Å². The molecule has 0 aliphatic rings. The van der Waals surface area contributed by atoms with Crippen molar-refractivity contribution in [2.45, 2.75) is 20.8 Å². The van der Waals surface area contributed by atoms with E-state index in [2.05, 4.69) is 16.4 Å². The summed E-state index contributed by atoms with van der Waals surface area (Å²) in [6.45, 7) is 4.99. The van der Waals surface area contributed by atoms with Crippen molar-refractivity contribution >= 4 is 11.7 Å². The molecule has 72 valence electrons. The molecule has 14 heavy (non-hydrogen) atoms. The smallest absolute Gasteiger partial charge is 0.222 e. The number of carbonyl (C=O) groups is 1. The number of rotatable bonds is 1. The Hall–Kier alpha value is -1.89. The van der Waals surface area contributed by atoms with Crippen molar-refractivity contribution in [1.29, 1.82) is 5.26 Å². The molecule has 4 nitrogen and oxygen atoms in total. The van der Waals surface area contributed by atoms with Crippen LogP contribution >= 0.6 is 0 Å². The van der Waals surface area contributed by atoms with E-state index in [1.54, 1.807) is 13.0 Å². The minimum absolute atomic E-state index is 0.166. The third-order valence-electron chi connectivity index (χ3n) is 1.81. The molecule has 0 radical (unpaired) electrons. The Morgan fingerprint density at radius 2 is 2.21 bits per heavy atom. The maximum atomic E-state index is 10.8. The summed E-state index contributed by atoms with van der Waals surface area (Å²) in [4.78, 5) is 14.9. The van der Waals surface area contributed by atoms with Gasteiger partial charge in [-0.1, -0.05) is 0 Å². The molecular weight excluding hydrogens is 178 g/mol. The normalized spacial score (nSPS) is 9.29. The lowest BCUT2D eigenvalue weighted by atomic mass is 10.1. The van der Waals surface area contributed by atoms with E-state index in [4.69, 9.17) is 5.26 Å². The summed E-state index contributed by atoms with van der Waals surface area (Å²) in [5.41, 5.74) is 2.03. The highest BCUT2D eigenvalue weighted by Gasteiger charge is 2.06. The third kappa shape index (κ3) is 2.07. The Kier molecular flexibility index (Phi) is 2.82. The second-order valence-electron chi connectivity index (χ2n) is 3.08. The molecular formula is C10H11N3O. The lowest BCUT2D eigenvalue weighted by Gasteiger charge is -2.06. The topological polar surface area (TPSA) is 65.8 Å². The van der Waals surface area contributed by atoms with E-state index in [0.29, 0.717) is 17.1 Å². The quantitative estimate of drug-likeness (QED) is 0.728. The minimum Gasteiger partial charge on any atom is -0.311 e. The zero-order valence-electron chi connectivity index (χ0n) is 8.38. The summed E-state index contributed by atoms with van der Waals surface area (Å²) in [5.74, 6) is 0.326. The van der Waals surface area contributed by atoms with Crippen molar-refractivity contribution in [1.82, 2.24) is 4.98 Å². The molecule has 0 aromatic carbocycles. The highest BCUT2D eigenvalue weighted by molar-refractivity contribution is 5.87. The van der Waals surface area contributed by atoms with Gasteiger partial charge < -0.3 is 5.32 Å². The number of hydrogen-bond donors (Lipinski definition) is 1. The Morgan fingerprint density at radius 1 is 1.57 bits per heavy atom. The van der Waals surface area contributed by atoms with Gasteiger partial charge in [0, 0.05) is 6.92 Å². The molecule has 0 aliphatic heterocycles. The van der Waals surface area contributed by atoms with E-state index >= 15 is 0 Å². The standard InChI is InChI=1S/C10H11N3O/c1-6-4-10(13-8(3)14)12-7(2)9(6)5-11/h4H,1-3H3,(H,12,13,14). The molecule has 1 amide bonds. The van der Waals surface area contributed by atoms with Crippen LogP contribution < -0.4 is 5.32 Å². The number of amides is 1. The van der Waals surface area contributed by atoms with E-state index in [0.717, 1.165) is 5.56 Å². The predicted molar refractivity (Wildman–Crippen MR) is 52.7 cm³/mol. The van der Waals surface area contributed by atoms with E-state index < -0.39 is 0 Å². The Labute approximate surface area is 82.6 Å². The molecule has 0 saturated heterocycles. The molecule has 1 N–H and O–H groups in total. The first-order valence-electron chi connectivity index (χ1n) is 4.20. The number of nitriles is 1. The third-order valence-corrected chi connectivity index (χ3v) is 1.81. The van der Waals surface area contributed by atoms with Gasteiger partial charge >= 0.3 is 0 Å². The van der Waals surface area contributed by atoms with E-state index in [1.165, 1.54) is 6.92 Å². The number of aromatic nitrogens is 1. The number of carbonyl (C=O) groups excluding carboxylic acids is 1. The predicted octanol–water partition coefficient (Wildman–Crippen LogP) is 1.53. The second kappa shape index (κ2) is 3.88. The van der Waals surface area contributed by atoms with Crippen LogP contribution in [0.2, 0.25) is 0 Å². The van der Waals surface area contributed by atoms with E-state index in [-0.39, 0.29) is 5.91 Å². The summed E-state index contributed by atoms with van der Waals surface area (Å²) >= 11 is 0. The zero-order valence-corrected chi connectivity index (χ0v) is 8.38. The molecule has 1 aromatic rings. The van der Waals surface area contributed by atoms with Crippen LogP contribution in [0.25, 0.3) is 0 Å². The number of nitrogens with one attached hydrogen (secondary N) is 1. The van der Waals surface area contributed by atoms with Crippen molar-refractivity contribution in [3.05, 3.63) is 22.9 Å². The molecule has 4 heteroatoms. The number of pyridine rings is 1. The SMILES string of the molecule is CC(=O)Nc1cc(C)c(C#N)c(C)n1. The first-order chi connectivity index (χ1) is 6.54. The molecule has 0 spiro atoms. The highest BCUT2D eigenvalue weighted by atomic mass is 16.1. The fourth-order valence-corrected chi connectivity index (χ4v) is 1.24. The van der Waals surface area contributed by atoms with Gasteiger partial charge in [-0.3, -0.25) is 4.79 Å². The maximum Gasteiger partial charge on any atom is 0.222 e. The van der Waals surface area contributed by atoms with Gasteiger partial charge in [-0.15, -0.1) is 0 Å². The van der Waals surface area contributed by atoms with Crippen LogP contribution in [0.4, 0.5) is 5.82 Å². The molecule has 0 unspecified atom stereocenters. The largest absolute Gasteiger partial charge is 0.311 e. The Bertz CT molecular complexity index is 395. The zero-order chi connectivity index (χ0) is 10.7. The van der Waals surface area contributed by atoms with Gasteiger partial charge in [0.25, 0.3) is 0 Å². The van der Waals surface area contributed by atoms with Gasteiger partial charge in [0.05, 0.1) is 11.3 Å². The van der Waals surface area contributed by atoms with E-state index in [1.807, 2.05) is 6.92 Å². The molecule has 0 aliphatic carbocycles. The molecule has 0 bridgehead atoms. The van der Waals surface area contributed by atoms with Crippen LogP contribution in [0.15, 0.2) is 6.07 Å². The molecule has 1 aromatic heterocycles. The van der Waals surface area contributed by atoms with Gasteiger partial charge in [-0.25, -0.2) is 4.98 Å². The maximum absolute atomic E-state index is 10.8. The van der Waals surface area contributed by atoms with Crippen molar-refractivity contribution < 1.29 is 4.79 Å². The lowest BCUT2D eigenvalue weighted by Crippen LogP contribution is -2.09. The van der Waals surface area contributed by atoms with Crippen LogP contribution in [-0.4, -0.2) is 10.9 Å². The van der Waals surface area contributed by atoms with Gasteiger partial charge in [0.1, 0.15) is 11.9 Å². The van der Waals surface area contributed by atoms with Crippen LogP contribution in [-0.2, 0) is 4.79 Å². The second-order valence-corrected chi connectivity index (χ2v) is 3.08. The monoisotopic (exact) mass is 189 g/mol. The molecule has 0 atom stereocenters. The van der Waals surface area contributed by atoms with Crippen LogP contribution in [0, 0.1) is 25.2 Å². The summed E-state index contributed by atoms with van der Waals surface area (Å²) in [5, 5.41) is 11.4. The van der Waals surface area contributed by atoms with Gasteiger partial charge in [0.2, 0.25) is 5.91 Å². The number of nitrogens with zero attached hydrogens (tertiary/aromatic N) is 2. The summed E-state index contributed by atoms with van der Waals surface area (Å²) in [7, 11) is 0. The van der Waals surface area contributed by atoms with Crippen molar-refractivity contribution in [3.63, 3.8) is 0 Å². The average molecular weight is 189 g/mol. The van der Waals surface area contributed by atoms with E-state index in [9.17, 15) is 4.79 Å². The first kappa shape index (κ1) is 10.2. The Balaban J connectivity index is 3.15. The Morgan fingerprint density at radius 3 is 2.64 bits per heavy atom. The first-order valence-corrected chi connectivity index (χ1v) is 4.20. The van der Waals surface area contributed by atoms with Crippen molar-refractivity contribution in [3.8, 4) is 6.07 Å². The number of anilines is 1. The molecule has 0 fully saturated rings. The molecule has 1 rings (SSSR count). The lowest BCUT2D eigenvalue weighted by molar-refractivity contribution is -0.114. The fraction of sp³-hybridized carbons (Fsp3) is 0.300. The minimum atomic E-state index is -0.166. The average Bonchev–Trinajstić information content (AvgIpc) is 2.01. The molecule has 1 heterocycles. The van der Waals surface area contributed by atoms with Crippen molar-refractivity contribution in [2.24, 2.45) is 0 Å². The van der Waals surface area contributed by atoms with Crippen LogP contribution in [0.5, 0.6) is 0 Å². The van der Waals surface area contributed by atoms with Gasteiger partial charge in [-0.05, 0) is 25.5 Å². The summed E-state index contributed by atoms with van der Waals surface area (Å²) in [6.07, 6.45) is 0. The van der Waals surface area contributed by atoms with Crippen molar-refractivity contribution in [2.75, 3.05) is 5.32 Å². The van der Waals surface area contributed by atoms with Crippen LogP contribution in [0.3, 0.4) is 0 Å². The molecule has 0 saturated carbocycles. The number of hydrogen-bond acceptors (Lipinski definition) is 3. The fourth-order valence-electron chi connectivity index (χ4n) is 1.24. The highest BCUT2D eigenvalue weighted by Crippen LogP contribution is 2.14. The van der Waals surface area contributed by atoms with Gasteiger partial charge in [-0.2, -0.15) is 5.26 Å².